The van der Waals surface area contributed by atoms with Gasteiger partial charge in [0.2, 0.25) is 0 Å². The zero-order valence-electron chi connectivity index (χ0n) is 10.0. The molecule has 0 aliphatic rings. The van der Waals surface area contributed by atoms with Crippen molar-refractivity contribution in [2.75, 3.05) is 0 Å². The summed E-state index contributed by atoms with van der Waals surface area (Å²) in [6, 6.07) is 5.52. The van der Waals surface area contributed by atoms with E-state index in [0.29, 0.717) is 10.7 Å². The number of hydrogen-bond donors (Lipinski definition) is 0. The van der Waals surface area contributed by atoms with Crippen LogP contribution >= 0.6 is 11.3 Å². The van der Waals surface area contributed by atoms with Crippen molar-refractivity contribution in [1.29, 1.82) is 0 Å². The maximum atomic E-state index is 12.3. The highest BCUT2D eigenvalue weighted by Gasteiger charge is 2.48. The number of alkyl halides is 3. The van der Waals surface area contributed by atoms with E-state index in [2.05, 4.69) is 9.17 Å². The molecule has 20 heavy (non-hydrogen) atoms. The first-order valence-electron chi connectivity index (χ1n) is 5.23. The normalized spacial score (nSPS) is 12.4. The molecule has 0 aliphatic carbocycles. The average molecular weight is 323 g/mol. The fraction of sp³-hybridized carbons (Fsp3) is 0.182. The van der Waals surface area contributed by atoms with Gasteiger partial charge >= 0.3 is 15.6 Å². The van der Waals surface area contributed by atoms with Gasteiger partial charge in [-0.2, -0.15) is 21.6 Å². The molecule has 1 aromatic heterocycles. The van der Waals surface area contributed by atoms with Crippen LogP contribution in [0.15, 0.2) is 29.6 Å². The lowest BCUT2D eigenvalue weighted by atomic mass is 10.1. The minimum Gasteiger partial charge on any atom is -0.375 e. The number of aromatic nitrogens is 1. The topological polar surface area (TPSA) is 56.3 Å². The van der Waals surface area contributed by atoms with Crippen LogP contribution in [0.1, 0.15) is 5.01 Å². The monoisotopic (exact) mass is 323 g/mol. The van der Waals surface area contributed by atoms with Gasteiger partial charge in [-0.25, -0.2) is 4.98 Å². The van der Waals surface area contributed by atoms with Crippen molar-refractivity contribution in [2.24, 2.45) is 0 Å². The number of benzene rings is 1. The van der Waals surface area contributed by atoms with E-state index in [0.717, 1.165) is 6.07 Å². The third-order valence-corrected chi connectivity index (χ3v) is 4.00. The first-order valence-corrected chi connectivity index (χ1v) is 7.52. The molecular weight excluding hydrogens is 315 g/mol. The van der Waals surface area contributed by atoms with Crippen LogP contribution in [-0.4, -0.2) is 18.9 Å². The van der Waals surface area contributed by atoms with E-state index < -0.39 is 21.4 Å². The minimum absolute atomic E-state index is 0.185. The van der Waals surface area contributed by atoms with Crippen molar-refractivity contribution in [2.45, 2.75) is 12.4 Å². The highest BCUT2D eigenvalue weighted by Crippen LogP contribution is 2.34. The van der Waals surface area contributed by atoms with E-state index in [-0.39, 0.29) is 5.56 Å². The molecule has 0 saturated carbocycles. The maximum absolute atomic E-state index is 12.3. The van der Waals surface area contributed by atoms with Crippen LogP contribution in [-0.2, 0) is 10.1 Å². The molecule has 2 aromatic rings. The third-order valence-electron chi connectivity index (χ3n) is 2.26. The molecule has 9 heteroatoms. The van der Waals surface area contributed by atoms with Gasteiger partial charge in [-0.3, -0.25) is 0 Å². The molecular formula is C11H8F3NO3S2. The van der Waals surface area contributed by atoms with Gasteiger partial charge in [0.05, 0.1) is 10.7 Å². The van der Waals surface area contributed by atoms with Crippen molar-refractivity contribution < 1.29 is 25.8 Å². The summed E-state index contributed by atoms with van der Waals surface area (Å²) in [5.74, 6) is -0.407. The first kappa shape index (κ1) is 14.8. The van der Waals surface area contributed by atoms with Gasteiger partial charge < -0.3 is 4.18 Å². The standard InChI is InChI=1S/C11H8F3NO3S2/c1-7-15-9(6-19-7)8-4-2-3-5-10(8)18-20(16,17)11(12,13)14/h2-6H,1H3. The molecule has 0 fully saturated rings. The number of para-hydroxylation sites is 1. The first-order chi connectivity index (χ1) is 9.21. The summed E-state index contributed by atoms with van der Waals surface area (Å²) in [5.41, 5.74) is -4.93. The van der Waals surface area contributed by atoms with Gasteiger partial charge in [-0.05, 0) is 19.1 Å². The Labute approximate surface area is 117 Å². The highest BCUT2D eigenvalue weighted by atomic mass is 32.2. The Morgan fingerprint density at radius 3 is 2.45 bits per heavy atom. The fourth-order valence-corrected chi connectivity index (χ4v) is 2.49. The molecule has 0 amide bonds. The SMILES string of the molecule is Cc1nc(-c2ccccc2OS(=O)(=O)C(F)(F)F)cs1. The summed E-state index contributed by atoms with van der Waals surface area (Å²) in [4.78, 5) is 4.10. The Morgan fingerprint density at radius 2 is 1.90 bits per heavy atom. The molecule has 0 unspecified atom stereocenters. The quantitative estimate of drug-likeness (QED) is 0.642. The molecule has 0 bridgehead atoms. The number of thiazole rings is 1. The summed E-state index contributed by atoms with van der Waals surface area (Å²) in [7, 11) is -5.70. The summed E-state index contributed by atoms with van der Waals surface area (Å²) in [6.45, 7) is 1.73. The van der Waals surface area contributed by atoms with Gasteiger partial charge in [0.25, 0.3) is 0 Å². The number of nitrogens with zero attached hydrogens (tertiary/aromatic N) is 1. The van der Waals surface area contributed by atoms with Crippen LogP contribution in [0.5, 0.6) is 5.75 Å². The Morgan fingerprint density at radius 1 is 1.25 bits per heavy atom. The molecule has 0 atom stereocenters. The van der Waals surface area contributed by atoms with Crippen molar-refractivity contribution in [3.8, 4) is 17.0 Å². The summed E-state index contributed by atoms with van der Waals surface area (Å²) in [5, 5.41) is 2.31. The highest BCUT2D eigenvalue weighted by molar-refractivity contribution is 7.88. The summed E-state index contributed by atoms with van der Waals surface area (Å²) >= 11 is 1.29. The van der Waals surface area contributed by atoms with Crippen molar-refractivity contribution >= 4 is 21.5 Å². The lowest BCUT2D eigenvalue weighted by molar-refractivity contribution is -0.0499. The summed E-state index contributed by atoms with van der Waals surface area (Å²) < 4.78 is 63.3. The molecule has 0 saturated heterocycles. The Balaban J connectivity index is 2.45. The zero-order chi connectivity index (χ0) is 15.0. The fourth-order valence-electron chi connectivity index (χ4n) is 1.40. The van der Waals surface area contributed by atoms with Crippen LogP contribution in [0.4, 0.5) is 13.2 Å². The van der Waals surface area contributed by atoms with E-state index in [1.807, 2.05) is 0 Å². The van der Waals surface area contributed by atoms with Crippen LogP contribution in [0, 0.1) is 6.92 Å². The zero-order valence-corrected chi connectivity index (χ0v) is 11.6. The second-order valence-electron chi connectivity index (χ2n) is 3.73. The summed E-state index contributed by atoms with van der Waals surface area (Å²) in [6.07, 6.45) is 0. The van der Waals surface area contributed by atoms with Gasteiger partial charge in [0.1, 0.15) is 0 Å². The third kappa shape index (κ3) is 2.93. The molecule has 1 heterocycles. The molecule has 0 N–H and O–H groups in total. The molecule has 0 radical (unpaired) electrons. The van der Waals surface area contributed by atoms with Crippen molar-refractivity contribution in [3.05, 3.63) is 34.7 Å². The lowest BCUT2D eigenvalue weighted by Crippen LogP contribution is -2.28. The van der Waals surface area contributed by atoms with E-state index in [1.54, 1.807) is 18.4 Å². The van der Waals surface area contributed by atoms with Crippen molar-refractivity contribution in [1.82, 2.24) is 4.98 Å². The predicted molar refractivity (Wildman–Crippen MR) is 67.9 cm³/mol. The number of halogens is 3. The molecule has 108 valence electrons. The van der Waals surface area contributed by atoms with E-state index in [9.17, 15) is 21.6 Å². The van der Waals surface area contributed by atoms with E-state index in [1.165, 1.54) is 23.5 Å². The smallest absolute Gasteiger partial charge is 0.375 e. The van der Waals surface area contributed by atoms with Gasteiger partial charge in [-0.15, -0.1) is 11.3 Å². The Kier molecular flexibility index (Phi) is 3.74. The molecule has 1 aromatic carbocycles. The molecule has 0 aliphatic heterocycles. The van der Waals surface area contributed by atoms with Gasteiger partial charge in [0.15, 0.2) is 5.75 Å². The Bertz CT molecular complexity index is 723. The average Bonchev–Trinajstić information content (AvgIpc) is 2.74. The molecule has 2 rings (SSSR count). The maximum Gasteiger partial charge on any atom is 0.534 e. The van der Waals surface area contributed by atoms with Crippen LogP contribution in [0.3, 0.4) is 0 Å². The number of rotatable bonds is 3. The van der Waals surface area contributed by atoms with E-state index in [4.69, 9.17) is 0 Å². The van der Waals surface area contributed by atoms with E-state index >= 15 is 0 Å². The second kappa shape index (κ2) is 5.06. The van der Waals surface area contributed by atoms with Gasteiger partial charge in [-0.1, -0.05) is 12.1 Å². The van der Waals surface area contributed by atoms with Crippen molar-refractivity contribution in [3.63, 3.8) is 0 Å². The number of hydrogen-bond acceptors (Lipinski definition) is 5. The van der Waals surface area contributed by atoms with Crippen LogP contribution < -0.4 is 4.18 Å². The largest absolute Gasteiger partial charge is 0.534 e. The number of aryl methyl sites for hydroxylation is 1. The predicted octanol–water partition coefficient (Wildman–Crippen LogP) is 3.35. The Hall–Kier alpha value is -1.61. The van der Waals surface area contributed by atoms with Crippen LogP contribution in [0.2, 0.25) is 0 Å². The minimum atomic E-state index is -5.70. The lowest BCUT2D eigenvalue weighted by Gasteiger charge is -2.11. The molecule has 0 spiro atoms. The van der Waals surface area contributed by atoms with Gasteiger partial charge in [0, 0.05) is 10.9 Å². The van der Waals surface area contributed by atoms with Crippen LogP contribution in [0.25, 0.3) is 11.3 Å². The molecule has 4 nitrogen and oxygen atoms in total. The second-order valence-corrected chi connectivity index (χ2v) is 6.33.